The Hall–Kier alpha value is -1.76. The topological polar surface area (TPSA) is 57.8 Å². The van der Waals surface area contributed by atoms with Crippen molar-refractivity contribution in [3.8, 4) is 6.07 Å². The standard InChI is InChI=1S/C14H21N3O/c1-10(2)17-8-6-7-11(17)13(18)16-12(9-15)14(3,4)5/h6-8,10,12H,1-5H3,(H,16,18). The van der Waals surface area contributed by atoms with E-state index in [1.165, 1.54) is 0 Å². The zero-order chi connectivity index (χ0) is 13.9. The number of hydrogen-bond donors (Lipinski definition) is 1. The predicted molar refractivity (Wildman–Crippen MR) is 71.1 cm³/mol. The van der Waals surface area contributed by atoms with Gasteiger partial charge >= 0.3 is 0 Å². The van der Waals surface area contributed by atoms with Crippen LogP contribution < -0.4 is 5.32 Å². The normalized spacial score (nSPS) is 13.2. The van der Waals surface area contributed by atoms with Gasteiger partial charge < -0.3 is 9.88 Å². The van der Waals surface area contributed by atoms with E-state index in [1.54, 1.807) is 6.07 Å². The molecule has 0 aliphatic heterocycles. The first-order valence-corrected chi connectivity index (χ1v) is 6.14. The van der Waals surface area contributed by atoms with Crippen molar-refractivity contribution in [3.05, 3.63) is 24.0 Å². The molecule has 1 heterocycles. The summed E-state index contributed by atoms with van der Waals surface area (Å²) in [5.41, 5.74) is 0.314. The number of rotatable bonds is 3. The van der Waals surface area contributed by atoms with Crippen molar-refractivity contribution in [2.75, 3.05) is 0 Å². The van der Waals surface area contributed by atoms with Crippen LogP contribution in [0.4, 0.5) is 0 Å². The summed E-state index contributed by atoms with van der Waals surface area (Å²) >= 11 is 0. The predicted octanol–water partition coefficient (Wildman–Crippen LogP) is 2.74. The Labute approximate surface area is 109 Å². The van der Waals surface area contributed by atoms with E-state index in [0.717, 1.165) is 0 Å². The van der Waals surface area contributed by atoms with E-state index in [9.17, 15) is 4.79 Å². The maximum absolute atomic E-state index is 12.2. The van der Waals surface area contributed by atoms with Crippen molar-refractivity contribution in [2.45, 2.75) is 46.7 Å². The Bertz CT molecular complexity index is 460. The van der Waals surface area contributed by atoms with Crippen molar-refractivity contribution < 1.29 is 4.79 Å². The van der Waals surface area contributed by atoms with E-state index >= 15 is 0 Å². The van der Waals surface area contributed by atoms with E-state index < -0.39 is 6.04 Å². The maximum atomic E-state index is 12.2. The molecule has 98 valence electrons. The van der Waals surface area contributed by atoms with Crippen LogP contribution in [-0.4, -0.2) is 16.5 Å². The second-order valence-electron chi connectivity index (χ2n) is 5.80. The largest absolute Gasteiger partial charge is 0.341 e. The highest BCUT2D eigenvalue weighted by atomic mass is 16.2. The number of carbonyl (C=O) groups excluding carboxylic acids is 1. The lowest BCUT2D eigenvalue weighted by Gasteiger charge is -2.25. The molecular weight excluding hydrogens is 226 g/mol. The summed E-state index contributed by atoms with van der Waals surface area (Å²) in [5, 5.41) is 11.9. The Kier molecular flexibility index (Phi) is 4.18. The Morgan fingerprint density at radius 3 is 2.50 bits per heavy atom. The van der Waals surface area contributed by atoms with Gasteiger partial charge in [0.25, 0.3) is 5.91 Å². The van der Waals surface area contributed by atoms with Gasteiger partial charge in [-0.1, -0.05) is 20.8 Å². The number of aromatic nitrogens is 1. The summed E-state index contributed by atoms with van der Waals surface area (Å²) in [6.07, 6.45) is 1.87. The lowest BCUT2D eigenvalue weighted by molar-refractivity contribution is 0.0911. The highest BCUT2D eigenvalue weighted by Gasteiger charge is 2.27. The Morgan fingerprint density at radius 2 is 2.06 bits per heavy atom. The summed E-state index contributed by atoms with van der Waals surface area (Å²) in [6, 6.07) is 5.47. The van der Waals surface area contributed by atoms with Crippen LogP contribution in [0.5, 0.6) is 0 Å². The molecular formula is C14H21N3O. The fraction of sp³-hybridized carbons (Fsp3) is 0.571. The zero-order valence-electron chi connectivity index (χ0n) is 11.7. The van der Waals surface area contributed by atoms with Crippen LogP contribution in [-0.2, 0) is 0 Å². The SMILES string of the molecule is CC(C)n1cccc1C(=O)NC(C#N)C(C)(C)C. The molecule has 4 heteroatoms. The van der Waals surface area contributed by atoms with Gasteiger partial charge in [-0.25, -0.2) is 0 Å². The van der Waals surface area contributed by atoms with Gasteiger partial charge in [-0.15, -0.1) is 0 Å². The van der Waals surface area contributed by atoms with Gasteiger partial charge in [0.15, 0.2) is 0 Å². The summed E-state index contributed by atoms with van der Waals surface area (Å²) in [5.74, 6) is -0.199. The minimum absolute atomic E-state index is 0.199. The molecule has 1 amide bonds. The van der Waals surface area contributed by atoms with E-state index in [4.69, 9.17) is 5.26 Å². The zero-order valence-corrected chi connectivity index (χ0v) is 11.7. The van der Waals surface area contributed by atoms with Crippen molar-refractivity contribution >= 4 is 5.91 Å². The highest BCUT2D eigenvalue weighted by Crippen LogP contribution is 2.19. The molecule has 0 saturated carbocycles. The molecule has 1 atom stereocenters. The van der Waals surface area contributed by atoms with Crippen LogP contribution in [0, 0.1) is 16.7 Å². The third-order valence-electron chi connectivity index (χ3n) is 2.84. The maximum Gasteiger partial charge on any atom is 0.268 e. The summed E-state index contributed by atoms with van der Waals surface area (Å²) in [6.45, 7) is 9.83. The van der Waals surface area contributed by atoms with Gasteiger partial charge in [0, 0.05) is 12.2 Å². The number of amides is 1. The smallest absolute Gasteiger partial charge is 0.268 e. The van der Waals surface area contributed by atoms with Crippen LogP contribution >= 0.6 is 0 Å². The first kappa shape index (κ1) is 14.3. The van der Waals surface area contributed by atoms with Crippen LogP contribution in [0.15, 0.2) is 18.3 Å². The molecule has 1 aromatic rings. The first-order chi connectivity index (χ1) is 8.27. The lowest BCUT2D eigenvalue weighted by atomic mass is 9.87. The molecule has 0 aliphatic carbocycles. The number of hydrogen-bond acceptors (Lipinski definition) is 2. The number of nitrogens with zero attached hydrogens (tertiary/aromatic N) is 2. The van der Waals surface area contributed by atoms with Gasteiger partial charge in [0.2, 0.25) is 0 Å². The van der Waals surface area contributed by atoms with E-state index in [-0.39, 0.29) is 17.4 Å². The van der Waals surface area contributed by atoms with Crippen LogP contribution in [0.25, 0.3) is 0 Å². The van der Waals surface area contributed by atoms with Crippen molar-refractivity contribution in [1.82, 2.24) is 9.88 Å². The van der Waals surface area contributed by atoms with Gasteiger partial charge in [0.1, 0.15) is 11.7 Å². The molecule has 0 radical (unpaired) electrons. The lowest BCUT2D eigenvalue weighted by Crippen LogP contribution is -2.43. The second kappa shape index (κ2) is 5.26. The molecule has 0 aliphatic rings. The van der Waals surface area contributed by atoms with Crippen molar-refractivity contribution in [2.24, 2.45) is 5.41 Å². The van der Waals surface area contributed by atoms with E-state index in [2.05, 4.69) is 11.4 Å². The first-order valence-electron chi connectivity index (χ1n) is 6.14. The quantitative estimate of drug-likeness (QED) is 0.892. The molecule has 1 rings (SSSR count). The minimum Gasteiger partial charge on any atom is -0.341 e. The molecule has 0 spiro atoms. The van der Waals surface area contributed by atoms with Gasteiger partial charge in [0.05, 0.1) is 6.07 Å². The fourth-order valence-electron chi connectivity index (χ4n) is 1.68. The van der Waals surface area contributed by atoms with Crippen LogP contribution in [0.1, 0.15) is 51.1 Å². The average Bonchev–Trinajstić information content (AvgIpc) is 2.72. The van der Waals surface area contributed by atoms with Crippen molar-refractivity contribution in [1.29, 1.82) is 5.26 Å². The molecule has 0 bridgehead atoms. The minimum atomic E-state index is -0.500. The molecule has 0 aromatic carbocycles. The third-order valence-corrected chi connectivity index (χ3v) is 2.84. The Morgan fingerprint density at radius 1 is 1.44 bits per heavy atom. The molecule has 0 saturated heterocycles. The molecule has 1 aromatic heterocycles. The second-order valence-corrected chi connectivity index (χ2v) is 5.80. The number of nitrogens with one attached hydrogen (secondary N) is 1. The molecule has 1 N–H and O–H groups in total. The molecule has 1 unspecified atom stereocenters. The van der Waals surface area contributed by atoms with Crippen LogP contribution in [0.3, 0.4) is 0 Å². The fourth-order valence-corrected chi connectivity index (χ4v) is 1.68. The van der Waals surface area contributed by atoms with Gasteiger partial charge in [-0.3, -0.25) is 4.79 Å². The monoisotopic (exact) mass is 247 g/mol. The summed E-state index contributed by atoms with van der Waals surface area (Å²) < 4.78 is 1.90. The third kappa shape index (κ3) is 3.13. The number of carbonyl (C=O) groups is 1. The van der Waals surface area contributed by atoms with Gasteiger partial charge in [-0.05, 0) is 31.4 Å². The molecule has 18 heavy (non-hydrogen) atoms. The molecule has 4 nitrogen and oxygen atoms in total. The highest BCUT2D eigenvalue weighted by molar-refractivity contribution is 5.93. The van der Waals surface area contributed by atoms with Crippen molar-refractivity contribution in [3.63, 3.8) is 0 Å². The Balaban J connectivity index is 2.89. The van der Waals surface area contributed by atoms with Gasteiger partial charge in [-0.2, -0.15) is 5.26 Å². The average molecular weight is 247 g/mol. The van der Waals surface area contributed by atoms with Crippen LogP contribution in [0.2, 0.25) is 0 Å². The number of nitriles is 1. The van der Waals surface area contributed by atoms with E-state index in [1.807, 2.05) is 51.4 Å². The summed E-state index contributed by atoms with van der Waals surface area (Å²) in [7, 11) is 0. The van der Waals surface area contributed by atoms with E-state index in [0.29, 0.717) is 5.69 Å². The molecule has 0 fully saturated rings. The summed E-state index contributed by atoms with van der Waals surface area (Å²) in [4.78, 5) is 12.2.